The van der Waals surface area contributed by atoms with E-state index in [0.717, 1.165) is 21.4 Å². The van der Waals surface area contributed by atoms with E-state index in [9.17, 15) is 4.39 Å². The summed E-state index contributed by atoms with van der Waals surface area (Å²) in [5.74, 6) is -0.243. The molecule has 0 unspecified atom stereocenters. The Labute approximate surface area is 114 Å². The first kappa shape index (κ1) is 12.9. The predicted octanol–water partition coefficient (Wildman–Crippen LogP) is 3.81. The average molecular weight is 309 g/mol. The SMILES string of the molecule is CN(Cc1ccc(F)cc1Br)c1ccccc1N. The zero-order chi connectivity index (χ0) is 13.1. The second-order valence-electron chi connectivity index (χ2n) is 4.15. The minimum Gasteiger partial charge on any atom is -0.397 e. The maximum Gasteiger partial charge on any atom is 0.124 e. The molecule has 0 fully saturated rings. The van der Waals surface area contributed by atoms with Gasteiger partial charge in [-0.05, 0) is 29.8 Å². The highest BCUT2D eigenvalue weighted by atomic mass is 79.9. The van der Waals surface area contributed by atoms with Crippen molar-refractivity contribution in [3.63, 3.8) is 0 Å². The van der Waals surface area contributed by atoms with Crippen LogP contribution in [-0.4, -0.2) is 7.05 Å². The lowest BCUT2D eigenvalue weighted by molar-refractivity contribution is 0.626. The summed E-state index contributed by atoms with van der Waals surface area (Å²) in [6.45, 7) is 0.662. The molecule has 0 saturated heterocycles. The first-order valence-electron chi connectivity index (χ1n) is 5.57. The third kappa shape index (κ3) is 2.82. The zero-order valence-corrected chi connectivity index (χ0v) is 11.6. The van der Waals surface area contributed by atoms with Crippen molar-refractivity contribution in [2.24, 2.45) is 0 Å². The van der Waals surface area contributed by atoms with Gasteiger partial charge in [-0.2, -0.15) is 0 Å². The van der Waals surface area contributed by atoms with E-state index in [4.69, 9.17) is 5.73 Å². The molecule has 4 heteroatoms. The van der Waals surface area contributed by atoms with Gasteiger partial charge in [0.25, 0.3) is 0 Å². The summed E-state index contributed by atoms with van der Waals surface area (Å²) in [7, 11) is 1.96. The normalized spacial score (nSPS) is 10.4. The first-order chi connectivity index (χ1) is 8.58. The minimum absolute atomic E-state index is 0.243. The zero-order valence-electron chi connectivity index (χ0n) is 10.0. The van der Waals surface area contributed by atoms with Crippen LogP contribution in [0, 0.1) is 5.82 Å². The van der Waals surface area contributed by atoms with Crippen molar-refractivity contribution in [1.29, 1.82) is 0 Å². The van der Waals surface area contributed by atoms with E-state index >= 15 is 0 Å². The van der Waals surface area contributed by atoms with Crippen molar-refractivity contribution in [2.45, 2.75) is 6.54 Å². The molecule has 0 aliphatic rings. The van der Waals surface area contributed by atoms with Gasteiger partial charge in [-0.1, -0.05) is 34.1 Å². The lowest BCUT2D eigenvalue weighted by atomic mass is 10.2. The van der Waals surface area contributed by atoms with Crippen LogP contribution in [0.25, 0.3) is 0 Å². The molecule has 0 bridgehead atoms. The molecule has 2 rings (SSSR count). The second-order valence-corrected chi connectivity index (χ2v) is 5.00. The van der Waals surface area contributed by atoms with Crippen LogP contribution in [0.2, 0.25) is 0 Å². The van der Waals surface area contributed by atoms with Crippen molar-refractivity contribution >= 4 is 27.3 Å². The molecular formula is C14H14BrFN2. The van der Waals surface area contributed by atoms with E-state index in [1.165, 1.54) is 12.1 Å². The molecule has 2 nitrogen and oxygen atoms in total. The number of rotatable bonds is 3. The smallest absolute Gasteiger partial charge is 0.124 e. The third-order valence-corrected chi connectivity index (χ3v) is 3.51. The Hall–Kier alpha value is -1.55. The fourth-order valence-electron chi connectivity index (χ4n) is 1.83. The van der Waals surface area contributed by atoms with Crippen molar-refractivity contribution < 1.29 is 4.39 Å². The van der Waals surface area contributed by atoms with Gasteiger partial charge in [-0.3, -0.25) is 0 Å². The predicted molar refractivity (Wildman–Crippen MR) is 77.1 cm³/mol. The number of benzene rings is 2. The van der Waals surface area contributed by atoms with Gasteiger partial charge in [0.15, 0.2) is 0 Å². The highest BCUT2D eigenvalue weighted by molar-refractivity contribution is 9.10. The van der Waals surface area contributed by atoms with Crippen LogP contribution in [-0.2, 0) is 6.54 Å². The Bertz CT molecular complexity index is 557. The van der Waals surface area contributed by atoms with Crippen LogP contribution in [0.4, 0.5) is 15.8 Å². The maximum absolute atomic E-state index is 13.0. The van der Waals surface area contributed by atoms with E-state index in [1.54, 1.807) is 6.07 Å². The molecule has 0 heterocycles. The van der Waals surface area contributed by atoms with Crippen LogP contribution in [0.5, 0.6) is 0 Å². The second kappa shape index (κ2) is 5.40. The van der Waals surface area contributed by atoms with Crippen molar-refractivity contribution in [1.82, 2.24) is 0 Å². The maximum atomic E-state index is 13.0. The van der Waals surface area contributed by atoms with Crippen LogP contribution >= 0.6 is 15.9 Å². The van der Waals surface area contributed by atoms with Gasteiger partial charge in [0.05, 0.1) is 11.4 Å². The number of anilines is 2. The van der Waals surface area contributed by atoms with Gasteiger partial charge in [0.2, 0.25) is 0 Å². The monoisotopic (exact) mass is 308 g/mol. The summed E-state index contributed by atoms with van der Waals surface area (Å²) < 4.78 is 13.8. The number of halogens is 2. The quantitative estimate of drug-likeness (QED) is 0.874. The first-order valence-corrected chi connectivity index (χ1v) is 6.37. The fraction of sp³-hybridized carbons (Fsp3) is 0.143. The summed E-state index contributed by atoms with van der Waals surface area (Å²) in [6, 6.07) is 12.4. The Kier molecular flexibility index (Phi) is 3.87. The Morgan fingerprint density at radius 2 is 1.94 bits per heavy atom. The molecule has 0 aliphatic carbocycles. The van der Waals surface area contributed by atoms with Gasteiger partial charge in [-0.25, -0.2) is 4.39 Å². The molecule has 0 aliphatic heterocycles. The van der Waals surface area contributed by atoms with Gasteiger partial charge in [-0.15, -0.1) is 0 Å². The molecule has 2 aromatic carbocycles. The van der Waals surface area contributed by atoms with Gasteiger partial charge in [0.1, 0.15) is 5.82 Å². The number of hydrogen-bond acceptors (Lipinski definition) is 2. The molecule has 0 aromatic heterocycles. The Morgan fingerprint density at radius 1 is 1.22 bits per heavy atom. The lowest BCUT2D eigenvalue weighted by Gasteiger charge is -2.21. The topological polar surface area (TPSA) is 29.3 Å². The van der Waals surface area contributed by atoms with Crippen LogP contribution in [0.3, 0.4) is 0 Å². The van der Waals surface area contributed by atoms with E-state index in [2.05, 4.69) is 15.9 Å². The van der Waals surface area contributed by atoms with Crippen LogP contribution in [0.15, 0.2) is 46.9 Å². The molecule has 0 spiro atoms. The lowest BCUT2D eigenvalue weighted by Crippen LogP contribution is -2.18. The van der Waals surface area contributed by atoms with Gasteiger partial charge >= 0.3 is 0 Å². The van der Waals surface area contributed by atoms with Crippen LogP contribution < -0.4 is 10.6 Å². The molecule has 0 radical (unpaired) electrons. The van der Waals surface area contributed by atoms with Gasteiger partial charge < -0.3 is 10.6 Å². The molecule has 18 heavy (non-hydrogen) atoms. The molecule has 94 valence electrons. The summed E-state index contributed by atoms with van der Waals surface area (Å²) in [4.78, 5) is 2.04. The van der Waals surface area contributed by atoms with Crippen molar-refractivity contribution in [2.75, 3.05) is 17.7 Å². The van der Waals surface area contributed by atoms with Crippen molar-refractivity contribution in [3.8, 4) is 0 Å². The van der Waals surface area contributed by atoms with E-state index < -0.39 is 0 Å². The summed E-state index contributed by atoms with van der Waals surface area (Å²) in [5.41, 5.74) is 8.64. The summed E-state index contributed by atoms with van der Waals surface area (Å²) in [6.07, 6.45) is 0. The van der Waals surface area contributed by atoms with E-state index in [-0.39, 0.29) is 5.82 Å². The van der Waals surface area contributed by atoms with Gasteiger partial charge in [0, 0.05) is 18.1 Å². The standard InChI is InChI=1S/C14H14BrFN2/c1-18(14-5-3-2-4-13(14)17)9-10-6-7-11(16)8-12(10)15/h2-8H,9,17H2,1H3. The molecule has 2 aromatic rings. The minimum atomic E-state index is -0.243. The highest BCUT2D eigenvalue weighted by Crippen LogP contribution is 2.25. The number of nitrogens with two attached hydrogens (primary N) is 1. The summed E-state index contributed by atoms with van der Waals surface area (Å²) in [5, 5.41) is 0. The molecule has 0 saturated carbocycles. The van der Waals surface area contributed by atoms with E-state index in [0.29, 0.717) is 6.54 Å². The largest absolute Gasteiger partial charge is 0.397 e. The molecular weight excluding hydrogens is 295 g/mol. The number of nitrogens with zero attached hydrogens (tertiary/aromatic N) is 1. The van der Waals surface area contributed by atoms with Crippen molar-refractivity contribution in [3.05, 3.63) is 58.3 Å². The Morgan fingerprint density at radius 3 is 2.61 bits per heavy atom. The number of nitrogen functional groups attached to an aromatic ring is 1. The fourth-order valence-corrected chi connectivity index (χ4v) is 2.30. The average Bonchev–Trinajstić information content (AvgIpc) is 2.33. The highest BCUT2D eigenvalue weighted by Gasteiger charge is 2.08. The van der Waals surface area contributed by atoms with E-state index in [1.807, 2.05) is 36.2 Å². The number of hydrogen-bond donors (Lipinski definition) is 1. The summed E-state index contributed by atoms with van der Waals surface area (Å²) >= 11 is 3.37. The van der Waals surface area contributed by atoms with Crippen LogP contribution in [0.1, 0.15) is 5.56 Å². The third-order valence-electron chi connectivity index (χ3n) is 2.77. The molecule has 0 atom stereocenters. The number of para-hydroxylation sites is 2. The molecule has 0 amide bonds. The Balaban J connectivity index is 2.21. The molecule has 2 N–H and O–H groups in total.